The molecule has 1 heterocycles. The number of thiophene rings is 1. The van der Waals surface area contributed by atoms with Gasteiger partial charge in [-0.3, -0.25) is 0 Å². The van der Waals surface area contributed by atoms with Crippen LogP contribution in [0, 0.1) is 11.3 Å². The Bertz CT molecular complexity index is 410. The summed E-state index contributed by atoms with van der Waals surface area (Å²) in [6.45, 7) is 8.41. The lowest BCUT2D eigenvalue weighted by Crippen LogP contribution is -2.23. The molecule has 0 atom stereocenters. The molecule has 2 rings (SSSR count). The van der Waals surface area contributed by atoms with Gasteiger partial charge in [-0.15, -0.1) is 11.3 Å². The van der Waals surface area contributed by atoms with Crippen molar-refractivity contribution in [1.29, 1.82) is 5.26 Å². The van der Waals surface area contributed by atoms with Gasteiger partial charge in [-0.1, -0.05) is 27.7 Å². The van der Waals surface area contributed by atoms with Gasteiger partial charge in [0.25, 0.3) is 0 Å². The van der Waals surface area contributed by atoms with Gasteiger partial charge in [0.1, 0.15) is 11.1 Å². The predicted octanol–water partition coefficient (Wildman–Crippen LogP) is 3.84. The van der Waals surface area contributed by atoms with Crippen molar-refractivity contribution in [2.75, 3.05) is 5.73 Å². The van der Waals surface area contributed by atoms with Gasteiger partial charge in [0.05, 0.1) is 5.56 Å². The van der Waals surface area contributed by atoms with E-state index in [-0.39, 0.29) is 5.41 Å². The lowest BCUT2D eigenvalue weighted by molar-refractivity contribution is 0.435. The molecule has 0 radical (unpaired) electrons. The standard InChI is InChI=1S/C11H14N2S.C2H6/c1-11(2)5-3-4-8-9(11)7(6-12)10(13)14-8;1-2/h3-5,13H2,1-2H3;1-2H3. The zero-order valence-corrected chi connectivity index (χ0v) is 11.4. The molecule has 1 aromatic rings. The van der Waals surface area contributed by atoms with Gasteiger partial charge >= 0.3 is 0 Å². The van der Waals surface area contributed by atoms with E-state index < -0.39 is 0 Å². The molecule has 1 aliphatic carbocycles. The minimum Gasteiger partial charge on any atom is -0.389 e. The molecule has 0 aromatic carbocycles. The first-order valence-corrected chi connectivity index (χ1v) is 6.69. The Morgan fingerprint density at radius 2 is 2.00 bits per heavy atom. The van der Waals surface area contributed by atoms with E-state index in [0.29, 0.717) is 5.00 Å². The van der Waals surface area contributed by atoms with E-state index in [4.69, 9.17) is 11.0 Å². The van der Waals surface area contributed by atoms with E-state index in [0.717, 1.165) is 18.4 Å². The summed E-state index contributed by atoms with van der Waals surface area (Å²) < 4.78 is 0. The average molecular weight is 236 g/mol. The number of nitrogens with zero attached hydrogens (tertiary/aromatic N) is 1. The monoisotopic (exact) mass is 236 g/mol. The molecule has 0 bridgehead atoms. The molecule has 1 aliphatic rings. The van der Waals surface area contributed by atoms with Crippen molar-refractivity contribution < 1.29 is 0 Å². The largest absolute Gasteiger partial charge is 0.389 e. The molecule has 16 heavy (non-hydrogen) atoms. The van der Waals surface area contributed by atoms with Crippen molar-refractivity contribution in [2.45, 2.75) is 52.4 Å². The van der Waals surface area contributed by atoms with Gasteiger partial charge in [-0.25, -0.2) is 0 Å². The summed E-state index contributed by atoms with van der Waals surface area (Å²) >= 11 is 1.60. The molecule has 0 saturated heterocycles. The van der Waals surface area contributed by atoms with Gasteiger partial charge in [0.2, 0.25) is 0 Å². The Kier molecular flexibility index (Phi) is 3.98. The van der Waals surface area contributed by atoms with Crippen LogP contribution in [0.15, 0.2) is 0 Å². The molecule has 1 aromatic heterocycles. The molecule has 88 valence electrons. The third-order valence-electron chi connectivity index (χ3n) is 3.00. The first-order chi connectivity index (χ1) is 7.56. The van der Waals surface area contributed by atoms with Gasteiger partial charge in [0, 0.05) is 4.88 Å². The molecular formula is C13H20N2S. The van der Waals surface area contributed by atoms with Crippen LogP contribution in [-0.2, 0) is 11.8 Å². The molecular weight excluding hydrogens is 216 g/mol. The van der Waals surface area contributed by atoms with Crippen molar-refractivity contribution in [3.8, 4) is 6.07 Å². The lowest BCUT2D eigenvalue weighted by Gasteiger charge is -2.30. The number of rotatable bonds is 0. The number of hydrogen-bond acceptors (Lipinski definition) is 3. The molecule has 3 heteroatoms. The van der Waals surface area contributed by atoms with Crippen LogP contribution in [0.25, 0.3) is 0 Å². The van der Waals surface area contributed by atoms with Crippen LogP contribution in [0.4, 0.5) is 5.00 Å². The highest BCUT2D eigenvalue weighted by molar-refractivity contribution is 7.16. The molecule has 0 aliphatic heterocycles. The highest BCUT2D eigenvalue weighted by atomic mass is 32.1. The topological polar surface area (TPSA) is 49.8 Å². The first-order valence-electron chi connectivity index (χ1n) is 5.88. The molecule has 2 nitrogen and oxygen atoms in total. The van der Waals surface area contributed by atoms with Crippen LogP contribution < -0.4 is 5.73 Å². The van der Waals surface area contributed by atoms with Crippen molar-refractivity contribution in [3.63, 3.8) is 0 Å². The van der Waals surface area contributed by atoms with Crippen molar-refractivity contribution in [3.05, 3.63) is 16.0 Å². The number of aryl methyl sites for hydroxylation is 1. The zero-order chi connectivity index (χ0) is 12.3. The van der Waals surface area contributed by atoms with Crippen molar-refractivity contribution >= 4 is 16.3 Å². The summed E-state index contributed by atoms with van der Waals surface area (Å²) in [5.41, 5.74) is 7.93. The van der Waals surface area contributed by atoms with E-state index in [1.807, 2.05) is 13.8 Å². The summed E-state index contributed by atoms with van der Waals surface area (Å²) in [4.78, 5) is 1.33. The number of hydrogen-bond donors (Lipinski definition) is 1. The maximum atomic E-state index is 9.07. The second-order valence-electron chi connectivity index (χ2n) is 4.49. The molecule has 0 fully saturated rings. The Morgan fingerprint density at radius 1 is 1.38 bits per heavy atom. The zero-order valence-electron chi connectivity index (χ0n) is 10.6. The first kappa shape index (κ1) is 13.1. The van der Waals surface area contributed by atoms with E-state index in [2.05, 4.69) is 19.9 Å². The van der Waals surface area contributed by atoms with E-state index in [1.54, 1.807) is 11.3 Å². The van der Waals surface area contributed by atoms with Gasteiger partial charge < -0.3 is 5.73 Å². The van der Waals surface area contributed by atoms with Gasteiger partial charge in [-0.05, 0) is 30.2 Å². The van der Waals surface area contributed by atoms with Crippen molar-refractivity contribution in [1.82, 2.24) is 0 Å². The predicted molar refractivity (Wildman–Crippen MR) is 70.8 cm³/mol. The molecule has 0 amide bonds. The highest BCUT2D eigenvalue weighted by Gasteiger charge is 2.33. The number of nitriles is 1. The molecule has 0 spiro atoms. The normalized spacial score (nSPS) is 16.7. The maximum absolute atomic E-state index is 9.07. The summed E-state index contributed by atoms with van der Waals surface area (Å²) in [5, 5.41) is 9.77. The van der Waals surface area contributed by atoms with Crippen LogP contribution in [0.1, 0.15) is 56.5 Å². The molecule has 2 N–H and O–H groups in total. The number of anilines is 1. The summed E-state index contributed by atoms with van der Waals surface area (Å²) in [5.74, 6) is 0. The van der Waals surface area contributed by atoms with Gasteiger partial charge in [-0.2, -0.15) is 5.26 Å². The average Bonchev–Trinajstić information content (AvgIpc) is 2.58. The second-order valence-corrected chi connectivity index (χ2v) is 5.63. The van der Waals surface area contributed by atoms with Crippen LogP contribution >= 0.6 is 11.3 Å². The fourth-order valence-electron chi connectivity index (χ4n) is 2.32. The van der Waals surface area contributed by atoms with Crippen molar-refractivity contribution in [2.24, 2.45) is 0 Å². The maximum Gasteiger partial charge on any atom is 0.104 e. The van der Waals surface area contributed by atoms with Crippen LogP contribution in [-0.4, -0.2) is 0 Å². The third-order valence-corrected chi connectivity index (χ3v) is 4.08. The van der Waals surface area contributed by atoms with Crippen LogP contribution in [0.3, 0.4) is 0 Å². The Balaban J connectivity index is 0.000000606. The van der Waals surface area contributed by atoms with Gasteiger partial charge in [0.15, 0.2) is 0 Å². The molecule has 0 unspecified atom stereocenters. The molecule has 0 saturated carbocycles. The summed E-state index contributed by atoms with van der Waals surface area (Å²) in [6.07, 6.45) is 3.46. The SMILES string of the molecule is CC.CC1(C)CCCc2sc(N)c(C#N)c21. The minimum absolute atomic E-state index is 0.132. The highest BCUT2D eigenvalue weighted by Crippen LogP contribution is 2.44. The number of nitrogen functional groups attached to an aromatic ring is 1. The minimum atomic E-state index is 0.132. The Morgan fingerprint density at radius 3 is 2.56 bits per heavy atom. The summed E-state index contributed by atoms with van der Waals surface area (Å²) in [6, 6.07) is 2.24. The van der Waals surface area contributed by atoms with E-state index in [9.17, 15) is 0 Å². The van der Waals surface area contributed by atoms with Crippen LogP contribution in [0.5, 0.6) is 0 Å². The second kappa shape index (κ2) is 4.88. The Hall–Kier alpha value is -1.01. The van der Waals surface area contributed by atoms with E-state index >= 15 is 0 Å². The summed E-state index contributed by atoms with van der Waals surface area (Å²) in [7, 11) is 0. The Labute approximate surface area is 102 Å². The van der Waals surface area contributed by atoms with E-state index in [1.165, 1.54) is 16.9 Å². The fraction of sp³-hybridized carbons (Fsp3) is 0.615. The lowest BCUT2D eigenvalue weighted by atomic mass is 9.74. The fourth-order valence-corrected chi connectivity index (χ4v) is 3.56. The quantitative estimate of drug-likeness (QED) is 0.744. The third kappa shape index (κ3) is 2.08. The smallest absolute Gasteiger partial charge is 0.104 e. The number of fused-ring (bicyclic) bond motifs is 1. The van der Waals surface area contributed by atoms with Crippen LogP contribution in [0.2, 0.25) is 0 Å². The number of nitrogens with two attached hydrogens (primary N) is 1.